The number of hydrogen-bond donors (Lipinski definition) is 1. The number of nitrogens with zero attached hydrogens (tertiary/aromatic N) is 5. The Kier molecular flexibility index (Phi) is 3.00. The first-order chi connectivity index (χ1) is 12.7. The number of fused-ring (bicyclic) bond motifs is 4. The molecule has 26 heavy (non-hydrogen) atoms. The van der Waals surface area contributed by atoms with Crippen molar-refractivity contribution in [1.29, 1.82) is 0 Å². The van der Waals surface area contributed by atoms with Gasteiger partial charge in [0.05, 0.1) is 16.6 Å². The summed E-state index contributed by atoms with van der Waals surface area (Å²) in [5, 5.41) is 5.28. The zero-order valence-corrected chi connectivity index (χ0v) is 14.4. The minimum atomic E-state index is -0.301. The van der Waals surface area contributed by atoms with Crippen LogP contribution < -0.4 is 5.69 Å². The van der Waals surface area contributed by atoms with Crippen LogP contribution >= 0.6 is 0 Å². The van der Waals surface area contributed by atoms with E-state index in [0.717, 1.165) is 39.9 Å². The summed E-state index contributed by atoms with van der Waals surface area (Å²) in [6.07, 6.45) is 0. The Morgan fingerprint density at radius 1 is 1.12 bits per heavy atom. The minimum absolute atomic E-state index is 0.301. The zero-order valence-electron chi connectivity index (χ0n) is 14.4. The van der Waals surface area contributed by atoms with Crippen molar-refractivity contribution in [3.63, 3.8) is 0 Å². The molecule has 0 amide bonds. The van der Waals surface area contributed by atoms with E-state index in [1.807, 2.05) is 49.4 Å². The van der Waals surface area contributed by atoms with E-state index >= 15 is 0 Å². The molecule has 0 bridgehead atoms. The number of imidazole rings is 1. The predicted molar refractivity (Wildman–Crippen MR) is 100 cm³/mol. The van der Waals surface area contributed by atoms with E-state index < -0.39 is 0 Å². The summed E-state index contributed by atoms with van der Waals surface area (Å²) >= 11 is 0. The maximum absolute atomic E-state index is 12.3. The lowest BCUT2D eigenvalue weighted by atomic mass is 10.2. The summed E-state index contributed by atoms with van der Waals surface area (Å²) in [6.45, 7) is 4.97. The summed E-state index contributed by atoms with van der Waals surface area (Å²) in [4.78, 5) is 24.4. The number of para-hydroxylation sites is 1. The molecule has 0 aliphatic rings. The molecule has 0 unspecified atom stereocenters. The molecule has 7 heteroatoms. The summed E-state index contributed by atoms with van der Waals surface area (Å²) in [7, 11) is 0. The van der Waals surface area contributed by atoms with Crippen LogP contribution in [0.5, 0.6) is 0 Å². The normalized spacial score (nSPS) is 11.8. The smallest absolute Gasteiger partial charge is 0.329 e. The number of rotatable bonds is 2. The Bertz CT molecular complexity index is 1360. The first-order valence-electron chi connectivity index (χ1n) is 8.51. The van der Waals surface area contributed by atoms with E-state index in [4.69, 9.17) is 0 Å². The van der Waals surface area contributed by atoms with Crippen molar-refractivity contribution in [1.82, 2.24) is 29.1 Å². The van der Waals surface area contributed by atoms with Crippen molar-refractivity contribution in [3.8, 4) is 11.4 Å². The third-order valence-corrected chi connectivity index (χ3v) is 4.72. The van der Waals surface area contributed by atoms with Gasteiger partial charge in [0.1, 0.15) is 5.82 Å². The Hall–Kier alpha value is -3.48. The summed E-state index contributed by atoms with van der Waals surface area (Å²) in [5.41, 5.74) is 3.82. The maximum Gasteiger partial charge on any atom is 0.348 e. The quantitative estimate of drug-likeness (QED) is 0.534. The van der Waals surface area contributed by atoms with Crippen LogP contribution in [0.1, 0.15) is 12.7 Å². The van der Waals surface area contributed by atoms with Crippen molar-refractivity contribution in [3.05, 3.63) is 58.8 Å². The van der Waals surface area contributed by atoms with Crippen LogP contribution in [-0.2, 0) is 6.54 Å². The summed E-state index contributed by atoms with van der Waals surface area (Å²) in [5.74, 6) is 1.49. The monoisotopic (exact) mass is 344 g/mol. The molecule has 0 saturated carbocycles. The van der Waals surface area contributed by atoms with Gasteiger partial charge in [-0.05, 0) is 44.2 Å². The highest BCUT2D eigenvalue weighted by molar-refractivity contribution is 5.91. The molecule has 128 valence electrons. The van der Waals surface area contributed by atoms with Crippen molar-refractivity contribution in [2.75, 3.05) is 0 Å². The molecule has 0 radical (unpaired) electrons. The lowest BCUT2D eigenvalue weighted by molar-refractivity contribution is 0.753. The van der Waals surface area contributed by atoms with Crippen LogP contribution in [-0.4, -0.2) is 29.1 Å². The van der Waals surface area contributed by atoms with Gasteiger partial charge in [0.15, 0.2) is 11.5 Å². The number of H-pyrrole nitrogens is 1. The Balaban J connectivity index is 1.76. The van der Waals surface area contributed by atoms with Gasteiger partial charge in [0.2, 0.25) is 0 Å². The standard InChI is InChI=1S/C19H16N6O/c1-3-24-11(2)20-15-10-12(8-9-16(15)24)17-22-18-13-6-4-5-7-14(13)21-19(26)25(18)23-17/h4-10H,3H2,1-2H3,(H,21,26). The molecule has 0 fully saturated rings. The van der Waals surface area contributed by atoms with E-state index in [1.54, 1.807) is 0 Å². The van der Waals surface area contributed by atoms with E-state index in [9.17, 15) is 4.79 Å². The van der Waals surface area contributed by atoms with Crippen molar-refractivity contribution < 1.29 is 0 Å². The summed E-state index contributed by atoms with van der Waals surface area (Å²) < 4.78 is 3.48. The molecule has 5 aromatic rings. The second-order valence-corrected chi connectivity index (χ2v) is 6.25. The molecule has 0 aliphatic heterocycles. The van der Waals surface area contributed by atoms with Gasteiger partial charge in [-0.25, -0.2) is 14.8 Å². The lowest BCUT2D eigenvalue weighted by Gasteiger charge is -2.01. The number of aromatic amines is 1. The third kappa shape index (κ3) is 2.00. The Morgan fingerprint density at radius 3 is 2.81 bits per heavy atom. The third-order valence-electron chi connectivity index (χ3n) is 4.72. The van der Waals surface area contributed by atoms with Gasteiger partial charge in [-0.3, -0.25) is 0 Å². The fourth-order valence-corrected chi connectivity index (χ4v) is 3.49. The first-order valence-corrected chi connectivity index (χ1v) is 8.51. The molecule has 1 N–H and O–H groups in total. The second-order valence-electron chi connectivity index (χ2n) is 6.25. The van der Waals surface area contributed by atoms with Gasteiger partial charge >= 0.3 is 5.69 Å². The number of hydrogen-bond acceptors (Lipinski definition) is 4. The van der Waals surface area contributed by atoms with Gasteiger partial charge in [-0.2, -0.15) is 4.52 Å². The molecular weight excluding hydrogens is 328 g/mol. The van der Waals surface area contributed by atoms with Gasteiger partial charge in [0.25, 0.3) is 0 Å². The number of nitrogens with one attached hydrogen (secondary N) is 1. The molecule has 0 spiro atoms. The SMILES string of the molecule is CCn1c(C)nc2cc(-c3nc4c5ccccc5[nH]c(=O)n4n3)ccc21. The number of benzene rings is 2. The molecule has 7 nitrogen and oxygen atoms in total. The van der Waals surface area contributed by atoms with E-state index in [2.05, 4.69) is 31.5 Å². The molecule has 0 atom stereocenters. The fourth-order valence-electron chi connectivity index (χ4n) is 3.49. The lowest BCUT2D eigenvalue weighted by Crippen LogP contribution is -2.17. The van der Waals surface area contributed by atoms with E-state index in [1.165, 1.54) is 4.52 Å². The molecular formula is C19H16N6O. The molecule has 3 aromatic heterocycles. The zero-order chi connectivity index (χ0) is 17.8. The van der Waals surface area contributed by atoms with Gasteiger partial charge < -0.3 is 9.55 Å². The van der Waals surface area contributed by atoms with Crippen LogP contribution in [0.3, 0.4) is 0 Å². The average molecular weight is 344 g/mol. The molecule has 0 saturated heterocycles. The molecule has 3 heterocycles. The van der Waals surface area contributed by atoms with Crippen molar-refractivity contribution >= 4 is 27.6 Å². The van der Waals surface area contributed by atoms with Crippen LogP contribution in [0.2, 0.25) is 0 Å². The van der Waals surface area contributed by atoms with E-state index in [-0.39, 0.29) is 5.69 Å². The molecule has 2 aromatic carbocycles. The van der Waals surface area contributed by atoms with E-state index in [0.29, 0.717) is 11.5 Å². The molecule has 0 aliphatic carbocycles. The van der Waals surface area contributed by atoms with Crippen LogP contribution in [0.15, 0.2) is 47.3 Å². The average Bonchev–Trinajstić information content (AvgIpc) is 3.22. The topological polar surface area (TPSA) is 80.9 Å². The Morgan fingerprint density at radius 2 is 1.96 bits per heavy atom. The predicted octanol–water partition coefficient (Wildman–Crippen LogP) is 2.92. The number of aromatic nitrogens is 6. The second kappa shape index (κ2) is 5.26. The fraction of sp³-hybridized carbons (Fsp3) is 0.158. The number of aryl methyl sites for hydroxylation is 2. The summed E-state index contributed by atoms with van der Waals surface area (Å²) in [6, 6.07) is 13.6. The maximum atomic E-state index is 12.3. The highest BCUT2D eigenvalue weighted by atomic mass is 16.1. The molecule has 5 rings (SSSR count). The largest absolute Gasteiger partial charge is 0.348 e. The highest BCUT2D eigenvalue weighted by Crippen LogP contribution is 2.24. The highest BCUT2D eigenvalue weighted by Gasteiger charge is 2.14. The van der Waals surface area contributed by atoms with Crippen molar-refractivity contribution in [2.45, 2.75) is 20.4 Å². The van der Waals surface area contributed by atoms with Gasteiger partial charge in [0, 0.05) is 17.5 Å². The first kappa shape index (κ1) is 14.8. The van der Waals surface area contributed by atoms with Gasteiger partial charge in [-0.15, -0.1) is 5.10 Å². The van der Waals surface area contributed by atoms with Crippen LogP contribution in [0.4, 0.5) is 0 Å². The van der Waals surface area contributed by atoms with Crippen molar-refractivity contribution in [2.24, 2.45) is 0 Å². The minimum Gasteiger partial charge on any atom is -0.329 e. The van der Waals surface area contributed by atoms with Gasteiger partial charge in [-0.1, -0.05) is 12.1 Å². The Labute approximate surface area is 147 Å². The van der Waals surface area contributed by atoms with Crippen LogP contribution in [0, 0.1) is 6.92 Å². The van der Waals surface area contributed by atoms with Crippen LogP contribution in [0.25, 0.3) is 39.0 Å².